The average molecular weight is 441 g/mol. The zero-order valence-corrected chi connectivity index (χ0v) is 19.5. The molecule has 2 aliphatic rings. The highest BCUT2D eigenvalue weighted by atomic mass is 32.2. The molecule has 0 spiro atoms. The van der Waals surface area contributed by atoms with E-state index in [0.717, 1.165) is 31.6 Å². The summed E-state index contributed by atoms with van der Waals surface area (Å²) in [6.45, 7) is 9.64. The molecule has 1 unspecified atom stereocenters. The van der Waals surface area contributed by atoms with E-state index in [9.17, 15) is 18.3 Å². The molecular weight excluding hydrogens is 404 g/mol. The minimum atomic E-state index is -3.28. The lowest BCUT2D eigenvalue weighted by Gasteiger charge is -2.42. The topological polar surface area (TPSA) is 95.7 Å². The van der Waals surface area contributed by atoms with Gasteiger partial charge in [-0.15, -0.1) is 0 Å². The van der Waals surface area contributed by atoms with Crippen molar-refractivity contribution in [3.8, 4) is 0 Å². The van der Waals surface area contributed by atoms with Gasteiger partial charge < -0.3 is 10.0 Å². The van der Waals surface area contributed by atoms with Crippen LogP contribution in [0.2, 0.25) is 0 Å². The third-order valence-electron chi connectivity index (χ3n) is 6.32. The predicted molar refractivity (Wildman–Crippen MR) is 117 cm³/mol. The summed E-state index contributed by atoms with van der Waals surface area (Å²) in [7, 11) is -3.28. The largest absolute Gasteiger partial charge is 0.387 e. The van der Waals surface area contributed by atoms with Gasteiger partial charge in [0.15, 0.2) is 0 Å². The van der Waals surface area contributed by atoms with Crippen LogP contribution >= 0.6 is 0 Å². The van der Waals surface area contributed by atoms with Crippen molar-refractivity contribution in [2.45, 2.75) is 64.0 Å². The van der Waals surface area contributed by atoms with E-state index in [1.54, 1.807) is 17.0 Å². The second-order valence-corrected chi connectivity index (χ2v) is 12.1. The Kier molecular flexibility index (Phi) is 6.77. The number of aliphatic hydroxyl groups is 1. The van der Waals surface area contributed by atoms with Crippen LogP contribution in [-0.2, 0) is 22.0 Å². The number of piperidine rings is 2. The Morgan fingerprint density at radius 3 is 2.47 bits per heavy atom. The molecule has 30 heavy (non-hydrogen) atoms. The monoisotopic (exact) mass is 440 g/mol. The number of β-amino-alcohol motifs (C(OH)–C–C–N with tert-alkyl or cyclic N) is 1. The maximum atomic E-state index is 12.5. The molecule has 1 aromatic heterocycles. The Labute approximate surface area is 180 Å². The van der Waals surface area contributed by atoms with Crippen molar-refractivity contribution in [2.24, 2.45) is 5.92 Å². The first-order valence-electron chi connectivity index (χ1n) is 10.8. The third-order valence-corrected chi connectivity index (χ3v) is 7.57. The van der Waals surface area contributed by atoms with Gasteiger partial charge >= 0.3 is 0 Å². The van der Waals surface area contributed by atoms with Gasteiger partial charge in [0, 0.05) is 37.7 Å². The number of likely N-dealkylation sites (tertiary alicyclic amines) is 1. The van der Waals surface area contributed by atoms with E-state index in [2.05, 4.69) is 9.88 Å². The van der Waals surface area contributed by atoms with E-state index >= 15 is 0 Å². The van der Waals surface area contributed by atoms with Crippen LogP contribution in [0.3, 0.4) is 0 Å². The molecule has 3 heterocycles. The molecule has 0 bridgehead atoms. The molecule has 1 N–H and O–H groups in total. The van der Waals surface area contributed by atoms with E-state index in [0.29, 0.717) is 38.4 Å². The lowest BCUT2D eigenvalue weighted by atomic mass is 9.91. The second-order valence-electron chi connectivity index (χ2n) is 10.2. The Bertz CT molecular complexity index is 900. The van der Waals surface area contributed by atoms with Crippen LogP contribution in [0.1, 0.15) is 52.1 Å². The molecule has 0 aliphatic carbocycles. The van der Waals surface area contributed by atoms with Crippen LogP contribution in [-0.4, -0.2) is 76.9 Å². The highest BCUT2D eigenvalue weighted by molar-refractivity contribution is 7.88. The highest BCUT2D eigenvalue weighted by Crippen LogP contribution is 2.27. The fourth-order valence-corrected chi connectivity index (χ4v) is 5.41. The molecule has 2 aliphatic heterocycles. The number of nitrogens with zero attached hydrogens (tertiary/aromatic N) is 4. The van der Waals surface area contributed by atoms with Crippen molar-refractivity contribution >= 4 is 10.0 Å². The van der Waals surface area contributed by atoms with Crippen molar-refractivity contribution in [1.29, 1.82) is 0 Å². The minimum absolute atomic E-state index is 0.00487. The average Bonchev–Trinajstić information content (AvgIpc) is 2.63. The lowest BCUT2D eigenvalue weighted by Crippen LogP contribution is -2.56. The van der Waals surface area contributed by atoms with Gasteiger partial charge in [-0.05, 0) is 44.7 Å². The van der Waals surface area contributed by atoms with Crippen LogP contribution < -0.4 is 5.56 Å². The van der Waals surface area contributed by atoms with Crippen LogP contribution in [0.5, 0.6) is 0 Å². The Morgan fingerprint density at radius 1 is 1.23 bits per heavy atom. The Morgan fingerprint density at radius 2 is 1.90 bits per heavy atom. The van der Waals surface area contributed by atoms with E-state index in [1.165, 1.54) is 10.6 Å². The maximum Gasteiger partial charge on any atom is 0.253 e. The molecular formula is C21H36N4O4S. The van der Waals surface area contributed by atoms with Crippen LogP contribution in [0, 0.1) is 5.92 Å². The van der Waals surface area contributed by atoms with Gasteiger partial charge in [-0.3, -0.25) is 9.36 Å². The zero-order chi connectivity index (χ0) is 22.2. The second kappa shape index (κ2) is 8.68. The van der Waals surface area contributed by atoms with Crippen molar-refractivity contribution in [3.05, 3.63) is 28.4 Å². The van der Waals surface area contributed by atoms with E-state index < -0.39 is 15.6 Å². The first-order chi connectivity index (χ1) is 13.9. The summed E-state index contributed by atoms with van der Waals surface area (Å²) in [5.74, 6) is 0.398. The summed E-state index contributed by atoms with van der Waals surface area (Å²) < 4.78 is 26.8. The van der Waals surface area contributed by atoms with Crippen LogP contribution in [0.15, 0.2) is 17.2 Å². The van der Waals surface area contributed by atoms with Gasteiger partial charge in [-0.25, -0.2) is 13.4 Å². The molecule has 2 fully saturated rings. The van der Waals surface area contributed by atoms with Crippen molar-refractivity contribution < 1.29 is 13.5 Å². The smallest absolute Gasteiger partial charge is 0.253 e. The van der Waals surface area contributed by atoms with Crippen molar-refractivity contribution in [3.63, 3.8) is 0 Å². The molecule has 2 saturated heterocycles. The number of sulfonamides is 1. The number of rotatable bonds is 5. The Hall–Kier alpha value is -1.29. The summed E-state index contributed by atoms with van der Waals surface area (Å²) in [6, 6.07) is 1.64. The Balaban J connectivity index is 1.53. The molecule has 1 aromatic rings. The molecule has 9 heteroatoms. The summed E-state index contributed by atoms with van der Waals surface area (Å²) in [5.41, 5.74) is -0.329. The first-order valence-corrected chi connectivity index (χ1v) is 12.7. The highest BCUT2D eigenvalue weighted by Gasteiger charge is 2.38. The zero-order valence-electron chi connectivity index (χ0n) is 18.7. The quantitative estimate of drug-likeness (QED) is 0.735. The number of aromatic nitrogens is 2. The van der Waals surface area contributed by atoms with Gasteiger partial charge in [0.05, 0.1) is 23.9 Å². The van der Waals surface area contributed by atoms with E-state index in [1.807, 2.05) is 20.8 Å². The van der Waals surface area contributed by atoms with Crippen LogP contribution in [0.25, 0.3) is 0 Å². The van der Waals surface area contributed by atoms with Gasteiger partial charge in [0.1, 0.15) is 0 Å². The molecule has 0 saturated carbocycles. The molecule has 0 aromatic carbocycles. The summed E-state index contributed by atoms with van der Waals surface area (Å²) in [4.78, 5) is 19.2. The van der Waals surface area contributed by atoms with E-state index in [4.69, 9.17) is 0 Å². The molecule has 1 atom stereocenters. The van der Waals surface area contributed by atoms with Crippen molar-refractivity contribution in [1.82, 2.24) is 18.8 Å². The molecule has 3 rings (SSSR count). The van der Waals surface area contributed by atoms with Gasteiger partial charge in [-0.2, -0.15) is 4.31 Å². The summed E-state index contributed by atoms with van der Waals surface area (Å²) in [6.07, 6.45) is 6.06. The standard InChI is InChI=1S/C21H36N4O4S/c1-20(2,3)18-12-19(26)24(16-22-18)13-17-6-10-23(11-7-17)14-21(27)8-5-9-25(15-21)30(4,28)29/h12,16-17,27H,5-11,13-15H2,1-4H3. The molecule has 0 radical (unpaired) electrons. The summed E-state index contributed by atoms with van der Waals surface area (Å²) >= 11 is 0. The lowest BCUT2D eigenvalue weighted by molar-refractivity contribution is -0.0408. The SMILES string of the molecule is CC(C)(C)c1cc(=O)n(CC2CCN(CC3(O)CCCN(S(C)(=O)=O)C3)CC2)cn1. The maximum absolute atomic E-state index is 12.5. The number of hydrogen-bond donors (Lipinski definition) is 1. The molecule has 8 nitrogen and oxygen atoms in total. The van der Waals surface area contributed by atoms with Gasteiger partial charge in [0.2, 0.25) is 10.0 Å². The van der Waals surface area contributed by atoms with Crippen LogP contribution in [0.4, 0.5) is 0 Å². The fourth-order valence-electron chi connectivity index (χ4n) is 4.48. The molecule has 0 amide bonds. The molecule has 170 valence electrons. The number of hydrogen-bond acceptors (Lipinski definition) is 6. The van der Waals surface area contributed by atoms with Gasteiger partial charge in [-0.1, -0.05) is 20.8 Å². The fraction of sp³-hybridized carbons (Fsp3) is 0.810. The first kappa shape index (κ1) is 23.4. The van der Waals surface area contributed by atoms with Crippen molar-refractivity contribution in [2.75, 3.05) is 39.0 Å². The summed E-state index contributed by atoms with van der Waals surface area (Å²) in [5, 5.41) is 11.0. The van der Waals surface area contributed by atoms with Gasteiger partial charge in [0.25, 0.3) is 5.56 Å². The normalized spacial score (nSPS) is 25.5. The minimum Gasteiger partial charge on any atom is -0.387 e. The predicted octanol–water partition coefficient (Wildman–Crippen LogP) is 1.04. The van der Waals surface area contributed by atoms with E-state index in [-0.39, 0.29) is 17.5 Å². The third kappa shape index (κ3) is 5.90.